The molecule has 8 nitrogen and oxygen atoms in total. The summed E-state index contributed by atoms with van der Waals surface area (Å²) in [4.78, 5) is 62.2. The highest BCUT2D eigenvalue weighted by Gasteiger charge is 2.35. The van der Waals surface area contributed by atoms with Crippen LogP contribution in [0.2, 0.25) is 0 Å². The van der Waals surface area contributed by atoms with Crippen molar-refractivity contribution in [3.05, 3.63) is 70.8 Å². The highest BCUT2D eigenvalue weighted by atomic mass is 16.3. The van der Waals surface area contributed by atoms with Gasteiger partial charge in [0.25, 0.3) is 23.6 Å². The van der Waals surface area contributed by atoms with E-state index in [1.165, 1.54) is 7.05 Å². The number of aliphatic hydroxyl groups excluding tert-OH is 1. The van der Waals surface area contributed by atoms with E-state index in [2.05, 4.69) is 0 Å². The predicted octanol–water partition coefficient (Wildman–Crippen LogP) is 3.37. The number of rotatable bonds is 2. The molecule has 0 radical (unpaired) electrons. The largest absolute Gasteiger partial charge is 0.395 e. The van der Waals surface area contributed by atoms with E-state index in [9.17, 15) is 24.3 Å². The standard InChI is InChI=1S/C27H16N2O5.CH2O/c1-28-24(31)16-6-2-12-14-4-8-18-23-19(27(34)29(10-11-30)26(18)33)9-5-15(21(14)23)13-3-7-17(25(28)32)22(16)20(12)13;1-2/h2-9,30H,10-11H2,1H3;1H2. The zero-order chi connectivity index (χ0) is 25.5. The van der Waals surface area contributed by atoms with Gasteiger partial charge in [0.15, 0.2) is 0 Å². The molecule has 0 saturated heterocycles. The first-order chi connectivity index (χ1) is 17.4. The van der Waals surface area contributed by atoms with Crippen LogP contribution in [0.3, 0.4) is 0 Å². The van der Waals surface area contributed by atoms with Gasteiger partial charge in [-0.2, -0.15) is 0 Å². The molecule has 2 aliphatic rings. The third-order valence-corrected chi connectivity index (χ3v) is 7.25. The lowest BCUT2D eigenvalue weighted by Crippen LogP contribution is -2.41. The first kappa shape index (κ1) is 21.8. The molecule has 8 heteroatoms. The molecule has 0 spiro atoms. The molecule has 0 aromatic heterocycles. The SMILES string of the molecule is C=O.CN1C(=O)c2ccc3c4ccc5c6c(ccc(c7ccc(c2c37)C1=O)c64)C(=O)N(CCO)C5=O. The molecule has 0 bridgehead atoms. The van der Waals surface area contributed by atoms with E-state index in [0.29, 0.717) is 33.0 Å². The number of imide groups is 2. The summed E-state index contributed by atoms with van der Waals surface area (Å²) in [5.74, 6) is -1.52. The van der Waals surface area contributed by atoms with Crippen LogP contribution in [0.1, 0.15) is 41.4 Å². The second-order valence-corrected chi connectivity index (χ2v) is 8.80. The molecule has 1 N–H and O–H groups in total. The monoisotopic (exact) mass is 478 g/mol. The molecule has 36 heavy (non-hydrogen) atoms. The smallest absolute Gasteiger partial charge is 0.261 e. The van der Waals surface area contributed by atoms with Gasteiger partial charge < -0.3 is 9.90 Å². The van der Waals surface area contributed by atoms with Crippen LogP contribution < -0.4 is 0 Å². The van der Waals surface area contributed by atoms with Crippen LogP contribution in [0.5, 0.6) is 0 Å². The van der Waals surface area contributed by atoms with Crippen molar-refractivity contribution in [1.29, 1.82) is 0 Å². The lowest BCUT2D eigenvalue weighted by molar-refractivity contribution is -0.0980. The van der Waals surface area contributed by atoms with Crippen molar-refractivity contribution in [2.45, 2.75) is 0 Å². The number of carbonyl (C=O) groups excluding carboxylic acids is 5. The normalized spacial score (nSPS) is 14.9. The molecule has 0 unspecified atom stereocenters. The minimum absolute atomic E-state index is 0.0632. The lowest BCUT2D eigenvalue weighted by atomic mass is 9.82. The van der Waals surface area contributed by atoms with Crippen molar-refractivity contribution in [3.8, 4) is 0 Å². The molecule has 5 aromatic rings. The van der Waals surface area contributed by atoms with E-state index in [1.807, 2.05) is 31.1 Å². The number of aliphatic hydroxyl groups is 1. The number of nitrogens with zero attached hydrogens (tertiary/aromatic N) is 2. The molecular weight excluding hydrogens is 460 g/mol. The van der Waals surface area contributed by atoms with E-state index in [-0.39, 0.29) is 25.0 Å². The van der Waals surface area contributed by atoms with E-state index < -0.39 is 11.8 Å². The molecule has 4 amide bonds. The Balaban J connectivity index is 0.00000117. The fourth-order valence-electron chi connectivity index (χ4n) is 5.74. The second kappa shape index (κ2) is 7.40. The maximum absolute atomic E-state index is 13.1. The van der Waals surface area contributed by atoms with Gasteiger partial charge >= 0.3 is 0 Å². The fraction of sp³-hybridized carbons (Fsp3) is 0.107. The van der Waals surface area contributed by atoms with Crippen LogP contribution in [-0.4, -0.2) is 65.5 Å². The third-order valence-electron chi connectivity index (χ3n) is 7.25. The fourth-order valence-corrected chi connectivity index (χ4v) is 5.74. The van der Waals surface area contributed by atoms with Crippen LogP contribution in [0, 0.1) is 0 Å². The van der Waals surface area contributed by atoms with Crippen molar-refractivity contribution in [3.63, 3.8) is 0 Å². The van der Waals surface area contributed by atoms with Crippen LogP contribution in [-0.2, 0) is 4.79 Å². The van der Waals surface area contributed by atoms with Gasteiger partial charge in [0.05, 0.1) is 13.2 Å². The summed E-state index contributed by atoms with van der Waals surface area (Å²) in [5.41, 5.74) is 1.81. The Morgan fingerprint density at radius 1 is 0.583 bits per heavy atom. The van der Waals surface area contributed by atoms with Crippen LogP contribution in [0.15, 0.2) is 48.5 Å². The zero-order valence-electron chi connectivity index (χ0n) is 19.1. The van der Waals surface area contributed by atoms with Crippen LogP contribution in [0.25, 0.3) is 43.1 Å². The van der Waals surface area contributed by atoms with Crippen molar-refractivity contribution >= 4 is 73.5 Å². The van der Waals surface area contributed by atoms with Gasteiger partial charge in [0.2, 0.25) is 0 Å². The molecule has 2 aliphatic heterocycles. The Labute approximate surface area is 203 Å². The first-order valence-corrected chi connectivity index (χ1v) is 11.2. The van der Waals surface area contributed by atoms with Gasteiger partial charge in [-0.25, -0.2) is 0 Å². The average molecular weight is 478 g/mol. The number of fused-ring (bicyclic) bond motifs is 2. The third kappa shape index (κ3) is 2.43. The first-order valence-electron chi connectivity index (χ1n) is 11.2. The Bertz CT molecular complexity index is 1720. The molecular formula is C28H18N2O6. The highest BCUT2D eigenvalue weighted by molar-refractivity contribution is 6.41. The molecule has 7 rings (SSSR count). The maximum Gasteiger partial charge on any atom is 0.261 e. The molecule has 0 saturated carbocycles. The summed E-state index contributed by atoms with van der Waals surface area (Å²) >= 11 is 0. The molecule has 176 valence electrons. The predicted molar refractivity (Wildman–Crippen MR) is 134 cm³/mol. The number of carbonyl (C=O) groups is 5. The highest BCUT2D eigenvalue weighted by Crippen LogP contribution is 2.46. The molecule has 5 aromatic carbocycles. The summed E-state index contributed by atoms with van der Waals surface area (Å²) in [7, 11) is 1.48. The van der Waals surface area contributed by atoms with E-state index in [1.54, 1.807) is 24.3 Å². The Kier molecular flexibility index (Phi) is 4.49. The maximum atomic E-state index is 13.1. The van der Waals surface area contributed by atoms with Gasteiger partial charge in [0.1, 0.15) is 6.79 Å². The number of amides is 4. The van der Waals surface area contributed by atoms with Gasteiger partial charge in [-0.05, 0) is 56.6 Å². The Hall–Kier alpha value is -4.69. The second-order valence-electron chi connectivity index (χ2n) is 8.80. The van der Waals surface area contributed by atoms with Crippen molar-refractivity contribution < 1.29 is 29.1 Å². The minimum atomic E-state index is -0.425. The summed E-state index contributed by atoms with van der Waals surface area (Å²) in [5, 5.41) is 15.6. The summed E-state index contributed by atoms with van der Waals surface area (Å²) < 4.78 is 0. The van der Waals surface area contributed by atoms with Crippen LogP contribution >= 0.6 is 0 Å². The molecule has 2 heterocycles. The van der Waals surface area contributed by atoms with Crippen molar-refractivity contribution in [1.82, 2.24) is 9.80 Å². The van der Waals surface area contributed by atoms with Gasteiger partial charge in [-0.1, -0.05) is 24.3 Å². The lowest BCUT2D eigenvalue weighted by Gasteiger charge is -2.29. The van der Waals surface area contributed by atoms with E-state index in [4.69, 9.17) is 4.79 Å². The van der Waals surface area contributed by atoms with Crippen LogP contribution in [0.4, 0.5) is 0 Å². The topological polar surface area (TPSA) is 112 Å². The molecule has 0 atom stereocenters. The van der Waals surface area contributed by atoms with Gasteiger partial charge in [-0.3, -0.25) is 29.0 Å². The summed E-state index contributed by atoms with van der Waals surface area (Å²) in [6, 6.07) is 14.4. The Morgan fingerprint density at radius 3 is 1.25 bits per heavy atom. The molecule has 0 aliphatic carbocycles. The van der Waals surface area contributed by atoms with Gasteiger partial charge in [-0.15, -0.1) is 0 Å². The number of benzene rings is 5. The number of β-amino-alcohol motifs (C(OH)–C–C–N with tert-alkyl or cyclic N) is 1. The number of hydrogen-bond acceptors (Lipinski definition) is 6. The quantitative estimate of drug-likeness (QED) is 0.237. The van der Waals surface area contributed by atoms with E-state index >= 15 is 0 Å². The average Bonchev–Trinajstić information content (AvgIpc) is 2.91. The minimum Gasteiger partial charge on any atom is -0.395 e. The molecule has 0 fully saturated rings. The van der Waals surface area contributed by atoms with Crippen molar-refractivity contribution in [2.75, 3.05) is 20.2 Å². The van der Waals surface area contributed by atoms with Crippen molar-refractivity contribution in [2.24, 2.45) is 0 Å². The zero-order valence-corrected chi connectivity index (χ0v) is 19.1. The summed E-state index contributed by atoms with van der Waals surface area (Å²) in [6.45, 7) is 1.63. The summed E-state index contributed by atoms with van der Waals surface area (Å²) in [6.07, 6.45) is 0. The Morgan fingerprint density at radius 2 is 0.917 bits per heavy atom. The van der Waals surface area contributed by atoms with E-state index in [0.717, 1.165) is 42.1 Å². The van der Waals surface area contributed by atoms with Gasteiger partial charge in [0, 0.05) is 40.1 Å². The number of hydrogen-bond donors (Lipinski definition) is 1.